The number of guanidine groups is 1. The van der Waals surface area contributed by atoms with Crippen molar-refractivity contribution in [3.8, 4) is 0 Å². The minimum absolute atomic E-state index is 0. The number of benzene rings is 2. The molecule has 1 aliphatic heterocycles. The zero-order valence-corrected chi connectivity index (χ0v) is 19.7. The van der Waals surface area contributed by atoms with Crippen LogP contribution in [0.15, 0.2) is 59.6 Å². The minimum Gasteiger partial charge on any atom is -0.381 e. The van der Waals surface area contributed by atoms with Gasteiger partial charge in [0.25, 0.3) is 0 Å². The van der Waals surface area contributed by atoms with E-state index in [1.165, 1.54) is 17.7 Å². The van der Waals surface area contributed by atoms with Gasteiger partial charge in [-0.2, -0.15) is 0 Å². The summed E-state index contributed by atoms with van der Waals surface area (Å²) in [6.07, 6.45) is 2.92. The molecule has 0 radical (unpaired) electrons. The van der Waals surface area contributed by atoms with E-state index >= 15 is 0 Å². The maximum absolute atomic E-state index is 13.1. The molecular formula is C23H32FIN4O. The van der Waals surface area contributed by atoms with Crippen LogP contribution in [0.1, 0.15) is 18.4 Å². The Hall–Kier alpha value is -1.87. The summed E-state index contributed by atoms with van der Waals surface area (Å²) < 4.78 is 18.8. The van der Waals surface area contributed by atoms with Gasteiger partial charge in [-0.05, 0) is 49.1 Å². The number of anilines is 1. The van der Waals surface area contributed by atoms with Gasteiger partial charge in [-0.25, -0.2) is 4.39 Å². The van der Waals surface area contributed by atoms with E-state index in [2.05, 4.69) is 39.1 Å². The first-order chi connectivity index (χ1) is 14.2. The Bertz CT molecular complexity index is 750. The fourth-order valence-corrected chi connectivity index (χ4v) is 3.39. The minimum atomic E-state index is -0.203. The first kappa shape index (κ1) is 24.4. The normalized spacial score (nSPS) is 14.5. The third kappa shape index (κ3) is 8.10. The highest BCUT2D eigenvalue weighted by molar-refractivity contribution is 14.0. The van der Waals surface area contributed by atoms with Gasteiger partial charge in [0.2, 0.25) is 0 Å². The lowest BCUT2D eigenvalue weighted by Gasteiger charge is -2.36. The van der Waals surface area contributed by atoms with Crippen molar-refractivity contribution < 1.29 is 9.13 Å². The summed E-state index contributed by atoms with van der Waals surface area (Å²) in [7, 11) is 0. The fraction of sp³-hybridized carbons (Fsp3) is 0.435. The monoisotopic (exact) mass is 526 g/mol. The third-order valence-corrected chi connectivity index (χ3v) is 5.14. The maximum atomic E-state index is 13.1. The SMILES string of the molecule is I.NC(=NCCCCOCCc1ccccc1)N1CCN(c2ccc(F)cc2)CC1. The average molecular weight is 526 g/mol. The second-order valence-corrected chi connectivity index (χ2v) is 7.25. The predicted molar refractivity (Wildman–Crippen MR) is 132 cm³/mol. The number of ether oxygens (including phenoxy) is 1. The van der Waals surface area contributed by atoms with E-state index in [0.29, 0.717) is 5.96 Å². The van der Waals surface area contributed by atoms with Gasteiger partial charge >= 0.3 is 0 Å². The summed E-state index contributed by atoms with van der Waals surface area (Å²) in [6, 6.07) is 17.0. The van der Waals surface area contributed by atoms with E-state index < -0.39 is 0 Å². The standard InChI is InChI=1S/C23H31FN4O.HI/c24-21-8-10-22(11-9-21)27-14-16-28(17-15-27)23(25)26-13-4-5-18-29-19-12-20-6-2-1-3-7-20;/h1-3,6-11H,4-5,12-19H2,(H2,25,26);1H. The molecule has 164 valence electrons. The maximum Gasteiger partial charge on any atom is 0.191 e. The number of rotatable bonds is 9. The smallest absolute Gasteiger partial charge is 0.191 e. The van der Waals surface area contributed by atoms with E-state index in [1.807, 2.05) is 18.2 Å². The largest absolute Gasteiger partial charge is 0.381 e. The van der Waals surface area contributed by atoms with Crippen molar-refractivity contribution in [2.24, 2.45) is 10.7 Å². The molecule has 2 aromatic carbocycles. The Balaban J connectivity index is 0.00000320. The topological polar surface area (TPSA) is 54.1 Å². The Morgan fingerprint density at radius 1 is 0.933 bits per heavy atom. The zero-order chi connectivity index (χ0) is 20.3. The molecule has 0 spiro atoms. The Labute approximate surface area is 196 Å². The van der Waals surface area contributed by atoms with Gasteiger partial charge < -0.3 is 20.3 Å². The number of nitrogens with two attached hydrogens (primary N) is 1. The van der Waals surface area contributed by atoms with Gasteiger partial charge in [-0.1, -0.05) is 30.3 Å². The van der Waals surface area contributed by atoms with Crippen LogP contribution in [0.4, 0.5) is 10.1 Å². The highest BCUT2D eigenvalue weighted by Crippen LogP contribution is 2.16. The van der Waals surface area contributed by atoms with Gasteiger partial charge in [0.1, 0.15) is 5.82 Å². The lowest BCUT2D eigenvalue weighted by molar-refractivity contribution is 0.134. The summed E-state index contributed by atoms with van der Waals surface area (Å²) in [5, 5.41) is 0. The van der Waals surface area contributed by atoms with E-state index in [4.69, 9.17) is 10.5 Å². The molecule has 1 aliphatic rings. The van der Waals surface area contributed by atoms with Crippen molar-refractivity contribution in [2.75, 3.05) is 50.8 Å². The van der Waals surface area contributed by atoms with Gasteiger partial charge in [0.05, 0.1) is 6.61 Å². The molecule has 3 rings (SSSR count). The first-order valence-electron chi connectivity index (χ1n) is 10.4. The van der Waals surface area contributed by atoms with Gasteiger partial charge in [-0.3, -0.25) is 4.99 Å². The molecule has 1 fully saturated rings. The Kier molecular flexibility index (Phi) is 10.9. The van der Waals surface area contributed by atoms with Crippen LogP contribution in [0.5, 0.6) is 0 Å². The molecule has 7 heteroatoms. The van der Waals surface area contributed by atoms with Crippen molar-refractivity contribution >= 4 is 35.6 Å². The van der Waals surface area contributed by atoms with Crippen molar-refractivity contribution in [2.45, 2.75) is 19.3 Å². The van der Waals surface area contributed by atoms with Crippen LogP contribution in [0, 0.1) is 5.82 Å². The molecule has 2 N–H and O–H groups in total. The summed E-state index contributed by atoms with van der Waals surface area (Å²) in [4.78, 5) is 8.89. The number of nitrogens with zero attached hydrogens (tertiary/aromatic N) is 3. The summed E-state index contributed by atoms with van der Waals surface area (Å²) in [5.41, 5.74) is 8.52. The van der Waals surface area contributed by atoms with Crippen molar-refractivity contribution in [1.82, 2.24) is 4.90 Å². The van der Waals surface area contributed by atoms with Crippen LogP contribution in [0.2, 0.25) is 0 Å². The summed E-state index contributed by atoms with van der Waals surface area (Å²) >= 11 is 0. The van der Waals surface area contributed by atoms with Gasteiger partial charge in [0.15, 0.2) is 5.96 Å². The first-order valence-corrected chi connectivity index (χ1v) is 10.4. The number of aliphatic imine (C=N–C) groups is 1. The molecule has 30 heavy (non-hydrogen) atoms. The van der Waals surface area contributed by atoms with Crippen LogP contribution in [0.3, 0.4) is 0 Å². The van der Waals surface area contributed by atoms with Crippen LogP contribution in [-0.4, -0.2) is 56.8 Å². The number of hydrogen-bond acceptors (Lipinski definition) is 3. The summed E-state index contributed by atoms with van der Waals surface area (Å²) in [6.45, 7) is 5.62. The van der Waals surface area contributed by atoms with E-state index in [0.717, 1.165) is 70.9 Å². The lowest BCUT2D eigenvalue weighted by Crippen LogP contribution is -2.51. The Morgan fingerprint density at radius 2 is 1.63 bits per heavy atom. The van der Waals surface area contributed by atoms with Gasteiger partial charge in [0, 0.05) is 45.0 Å². The molecule has 0 saturated carbocycles. The zero-order valence-electron chi connectivity index (χ0n) is 17.4. The number of halogens is 2. The Morgan fingerprint density at radius 3 is 2.33 bits per heavy atom. The summed E-state index contributed by atoms with van der Waals surface area (Å²) in [5.74, 6) is 0.416. The van der Waals surface area contributed by atoms with Crippen LogP contribution in [0.25, 0.3) is 0 Å². The molecule has 1 saturated heterocycles. The molecule has 0 amide bonds. The fourth-order valence-electron chi connectivity index (χ4n) is 3.39. The lowest BCUT2D eigenvalue weighted by atomic mass is 10.2. The molecule has 0 atom stereocenters. The van der Waals surface area contributed by atoms with Crippen LogP contribution >= 0.6 is 24.0 Å². The average Bonchev–Trinajstić information content (AvgIpc) is 2.77. The molecule has 5 nitrogen and oxygen atoms in total. The molecule has 0 aliphatic carbocycles. The van der Waals surface area contributed by atoms with E-state index in [-0.39, 0.29) is 29.8 Å². The van der Waals surface area contributed by atoms with Crippen molar-refractivity contribution in [3.05, 3.63) is 66.0 Å². The molecule has 0 unspecified atom stereocenters. The van der Waals surface area contributed by atoms with E-state index in [9.17, 15) is 4.39 Å². The molecular weight excluding hydrogens is 494 g/mol. The predicted octanol–water partition coefficient (Wildman–Crippen LogP) is 3.92. The number of piperazine rings is 1. The van der Waals surface area contributed by atoms with Crippen molar-refractivity contribution in [1.29, 1.82) is 0 Å². The highest BCUT2D eigenvalue weighted by Gasteiger charge is 2.18. The third-order valence-electron chi connectivity index (χ3n) is 5.14. The van der Waals surface area contributed by atoms with Crippen LogP contribution < -0.4 is 10.6 Å². The molecule has 0 aromatic heterocycles. The molecule has 1 heterocycles. The molecule has 0 bridgehead atoms. The second-order valence-electron chi connectivity index (χ2n) is 7.25. The van der Waals surface area contributed by atoms with Gasteiger partial charge in [-0.15, -0.1) is 24.0 Å². The van der Waals surface area contributed by atoms with Crippen molar-refractivity contribution in [3.63, 3.8) is 0 Å². The van der Waals surface area contributed by atoms with Crippen LogP contribution in [-0.2, 0) is 11.2 Å². The number of unbranched alkanes of at least 4 members (excludes halogenated alkanes) is 1. The number of hydrogen-bond donors (Lipinski definition) is 1. The highest BCUT2D eigenvalue weighted by atomic mass is 127. The molecule has 2 aromatic rings. The van der Waals surface area contributed by atoms with E-state index in [1.54, 1.807) is 0 Å². The second kappa shape index (κ2) is 13.4. The quantitative estimate of drug-likeness (QED) is 0.233.